The summed E-state index contributed by atoms with van der Waals surface area (Å²) in [5.41, 5.74) is 13.5. The van der Waals surface area contributed by atoms with Crippen molar-refractivity contribution in [3.8, 4) is 114 Å². The molecule has 3 aliphatic carbocycles. The normalized spacial score (nSPS) is 19.4. The van der Waals surface area contributed by atoms with E-state index in [9.17, 15) is 21.0 Å². The molecule has 3 aliphatic rings. The van der Waals surface area contributed by atoms with E-state index in [4.69, 9.17) is 30.2 Å². The molecule has 0 saturated heterocycles. The fourth-order valence-electron chi connectivity index (χ4n) is 18.9. The first-order valence-electron chi connectivity index (χ1n) is 38.4. The topological polar surface area (TPSA) is 301 Å². The van der Waals surface area contributed by atoms with Crippen molar-refractivity contribution in [3.05, 3.63) is 223 Å². The lowest BCUT2D eigenvalue weighted by Gasteiger charge is -2.33. The van der Waals surface area contributed by atoms with Crippen LogP contribution in [0.25, 0.3) is 123 Å². The molecule has 6 atom stereocenters. The van der Waals surface area contributed by atoms with Crippen molar-refractivity contribution in [1.82, 2.24) is 102 Å². The van der Waals surface area contributed by atoms with E-state index in [1.165, 1.54) is 24.3 Å². The summed E-state index contributed by atoms with van der Waals surface area (Å²) in [5.74, 6) is -2.87. The van der Waals surface area contributed by atoms with E-state index in [1.807, 2.05) is 144 Å². The molecule has 15 heterocycles. The van der Waals surface area contributed by atoms with Gasteiger partial charge in [-0.05, 0) is 123 Å². The Morgan fingerprint density at radius 1 is 0.440 bits per heavy atom. The summed E-state index contributed by atoms with van der Waals surface area (Å²) >= 11 is 0. The molecule has 15 aromatic heterocycles. The summed E-state index contributed by atoms with van der Waals surface area (Å²) in [6.45, 7) is 10.4. The third-order valence-corrected chi connectivity index (χ3v) is 24.6. The number of aromatic nitrogens is 21. The maximum Gasteiger partial charge on any atom is 0.176 e. The van der Waals surface area contributed by atoms with Crippen molar-refractivity contribution in [1.29, 1.82) is 21.0 Å². The van der Waals surface area contributed by atoms with Crippen LogP contribution in [0.3, 0.4) is 0 Å². The van der Waals surface area contributed by atoms with Crippen LogP contribution in [0.4, 0.5) is 17.6 Å². The van der Waals surface area contributed by atoms with E-state index >= 15 is 17.6 Å². The van der Waals surface area contributed by atoms with Gasteiger partial charge in [-0.25, -0.2) is 62.4 Å². The molecule has 3 saturated carbocycles. The standard InChI is InChI=1S/C87H71F4N25/c1-49-83(115-21-16-52(25-78(115)104-49)81-58(54-35-100-110(6)40-54)26-64(88)71(31-93)107-81)63-11-8-18-86(63,3)45-112-42-56(37-102-112)60-28-66(90)72(32-94)106-80(60)51-15-20-114-75(39-96-77(114)24-51)62-10-7-17-85(62,2)44-111-41-55(36-101-111)59-27-65(89)70(30-92)105-79(59)50-13-14-74-68(22-50)99-48-116(74)76-12-9-19-87(76,4)46-113-43-57(38-103-113)61-29-67(91)73(33-95)108-82(61)53-23-69-84(97-34-53)109(5)47-98-69/h13-16,20-29,34-43,47-48,62-63,76H,7-12,17-19,44-46H2,1-6H3. The molecular formula is C87H71F4N25. The van der Waals surface area contributed by atoms with Crippen molar-refractivity contribution in [2.24, 2.45) is 30.3 Å². The average Bonchev–Trinajstić information content (AvgIpc) is 1.70. The van der Waals surface area contributed by atoms with Crippen molar-refractivity contribution in [3.63, 3.8) is 0 Å². The van der Waals surface area contributed by atoms with E-state index in [1.54, 1.807) is 59.8 Å². The van der Waals surface area contributed by atoms with Crippen LogP contribution in [0.5, 0.6) is 0 Å². The van der Waals surface area contributed by atoms with E-state index < -0.39 is 23.3 Å². The molecule has 0 spiro atoms. The Balaban J connectivity index is 0.556. The first-order valence-corrected chi connectivity index (χ1v) is 38.4. The van der Waals surface area contributed by atoms with Gasteiger partial charge < -0.3 is 17.9 Å². The number of hydrogen-bond donors (Lipinski definition) is 0. The maximum absolute atomic E-state index is 16.0. The highest BCUT2D eigenvalue weighted by Gasteiger charge is 2.45. The van der Waals surface area contributed by atoms with Crippen LogP contribution in [0.1, 0.15) is 136 Å². The number of fused-ring (bicyclic) bond motifs is 4. The molecule has 116 heavy (non-hydrogen) atoms. The second kappa shape index (κ2) is 27.6. The molecule has 1 aromatic carbocycles. The monoisotopic (exact) mass is 1540 g/mol. The van der Waals surface area contributed by atoms with Crippen molar-refractivity contribution < 1.29 is 17.6 Å². The zero-order valence-electron chi connectivity index (χ0n) is 63.9. The van der Waals surface area contributed by atoms with E-state index in [0.29, 0.717) is 137 Å². The highest BCUT2D eigenvalue weighted by molar-refractivity contribution is 5.89. The molecule has 0 amide bonds. The van der Waals surface area contributed by atoms with Gasteiger partial charge in [-0.2, -0.15) is 41.4 Å². The Hall–Kier alpha value is -14.2. The summed E-state index contributed by atoms with van der Waals surface area (Å²) in [6, 6.07) is 28.4. The van der Waals surface area contributed by atoms with Gasteiger partial charge in [0, 0.05) is 185 Å². The van der Waals surface area contributed by atoms with E-state index in [-0.39, 0.29) is 56.9 Å². The number of imidazole rings is 4. The first-order chi connectivity index (χ1) is 56.1. The highest BCUT2D eigenvalue weighted by atomic mass is 19.1. The second-order valence-corrected chi connectivity index (χ2v) is 32.1. The van der Waals surface area contributed by atoms with Crippen LogP contribution in [-0.2, 0) is 33.7 Å². The minimum atomic E-state index is -0.756. The Labute approximate surface area is 660 Å². The minimum Gasteiger partial charge on any atom is -0.327 e. The van der Waals surface area contributed by atoms with Gasteiger partial charge in [-0.1, -0.05) is 46.1 Å². The fourth-order valence-corrected chi connectivity index (χ4v) is 18.9. The van der Waals surface area contributed by atoms with Crippen LogP contribution >= 0.6 is 0 Å². The summed E-state index contributed by atoms with van der Waals surface area (Å²) in [7, 11) is 3.63. The molecule has 0 N–H and O–H groups in total. The molecule has 572 valence electrons. The number of rotatable bonds is 17. The van der Waals surface area contributed by atoms with Crippen molar-refractivity contribution in [2.75, 3.05) is 0 Å². The van der Waals surface area contributed by atoms with Gasteiger partial charge in [0.25, 0.3) is 0 Å². The minimum absolute atomic E-state index is 0.00988. The third-order valence-electron chi connectivity index (χ3n) is 24.6. The van der Waals surface area contributed by atoms with Crippen LogP contribution in [-0.4, -0.2) is 102 Å². The molecule has 0 aliphatic heterocycles. The molecule has 25 nitrogen and oxygen atoms in total. The van der Waals surface area contributed by atoms with Crippen molar-refractivity contribution in [2.45, 2.75) is 123 Å². The number of halogens is 4. The summed E-state index contributed by atoms with van der Waals surface area (Å²) < 4.78 is 78.1. The number of hydrogen-bond acceptors (Lipinski definition) is 17. The smallest absolute Gasteiger partial charge is 0.176 e. The van der Waals surface area contributed by atoms with Gasteiger partial charge in [0.05, 0.1) is 76.9 Å². The van der Waals surface area contributed by atoms with Gasteiger partial charge in [-0.15, -0.1) is 0 Å². The van der Waals surface area contributed by atoms with E-state index in [0.717, 1.165) is 80.4 Å². The first kappa shape index (κ1) is 72.1. The third kappa shape index (κ3) is 12.2. The van der Waals surface area contributed by atoms with Crippen LogP contribution in [0.15, 0.2) is 160 Å². The molecule has 6 unspecified atom stereocenters. The van der Waals surface area contributed by atoms with Crippen LogP contribution in [0.2, 0.25) is 0 Å². The number of nitrogens with zero attached hydrogens (tertiary/aromatic N) is 25. The number of pyridine rings is 7. The zero-order valence-corrected chi connectivity index (χ0v) is 63.9. The quantitative estimate of drug-likeness (QED) is 0.0765. The second-order valence-electron chi connectivity index (χ2n) is 32.1. The Bertz CT molecular complexity index is 6910. The van der Waals surface area contributed by atoms with Crippen molar-refractivity contribution >= 4 is 33.5 Å². The molecule has 0 radical (unpaired) electrons. The molecule has 19 rings (SSSR count). The molecule has 16 aromatic rings. The average molecular weight is 1540 g/mol. The lowest BCUT2D eigenvalue weighted by atomic mass is 9.77. The van der Waals surface area contributed by atoms with Gasteiger partial charge in [0.15, 0.2) is 51.7 Å². The molecule has 3 fully saturated rings. The summed E-state index contributed by atoms with van der Waals surface area (Å²) in [6.07, 6.45) is 33.5. The largest absolute Gasteiger partial charge is 0.327 e. The lowest BCUT2D eigenvalue weighted by Crippen LogP contribution is -2.29. The van der Waals surface area contributed by atoms with Crippen LogP contribution < -0.4 is 0 Å². The maximum atomic E-state index is 16.0. The SMILES string of the molecule is Cc1nc2cc(-c3nc(C#N)c(F)cc3-c3cnn(C)c3)ccn2c1C1CCCC1(C)Cn1cc(-c2cc(F)c(C#N)nc2-c2ccn3c(C4CCCC4(C)Cn4cc(-c5cc(F)c(C#N)nc5-c5ccc6c(c5)ncn6C5CCCC5(C)Cn5cc(-c6cc(F)c(C#N)nc6-c6cnc7c(c6)ncn7C)cn5)cn4)cnc3c2)cn1. The van der Waals surface area contributed by atoms with Gasteiger partial charge in [-0.3, -0.25) is 18.7 Å². The Morgan fingerprint density at radius 3 is 1.46 bits per heavy atom. The van der Waals surface area contributed by atoms with Crippen LogP contribution in [0, 0.1) is 91.8 Å². The number of nitriles is 4. The zero-order chi connectivity index (χ0) is 79.8. The molecule has 0 bridgehead atoms. The highest BCUT2D eigenvalue weighted by Crippen LogP contribution is 2.54. The fraction of sp³-hybridized carbons (Fsp3) is 0.276. The Morgan fingerprint density at radius 2 is 0.905 bits per heavy atom. The van der Waals surface area contributed by atoms with Gasteiger partial charge in [0.2, 0.25) is 0 Å². The molecule has 29 heteroatoms. The Kier molecular flexibility index (Phi) is 17.1. The molecular weight excluding hydrogens is 1470 g/mol. The predicted octanol–water partition coefficient (Wildman–Crippen LogP) is 16.6. The lowest BCUT2D eigenvalue weighted by molar-refractivity contribution is 0.190. The van der Waals surface area contributed by atoms with Gasteiger partial charge in [0.1, 0.15) is 41.1 Å². The summed E-state index contributed by atoms with van der Waals surface area (Å²) in [4.78, 5) is 42.3. The predicted molar refractivity (Wildman–Crippen MR) is 421 cm³/mol. The van der Waals surface area contributed by atoms with Gasteiger partial charge >= 0.3 is 0 Å². The number of benzene rings is 1. The van der Waals surface area contributed by atoms with E-state index in [2.05, 4.69) is 69.1 Å². The summed E-state index contributed by atoms with van der Waals surface area (Å²) in [5, 5.41) is 58.8. The number of aryl methyl sites for hydroxylation is 3.